The number of ether oxygens (including phenoxy) is 1. The van der Waals surface area contributed by atoms with Gasteiger partial charge in [0.15, 0.2) is 6.61 Å². The topological polar surface area (TPSA) is 50.4 Å². The number of amides is 1. The van der Waals surface area contributed by atoms with Crippen LogP contribution in [0.15, 0.2) is 59.1 Å². The molecule has 0 radical (unpaired) electrons. The molecule has 0 unspecified atom stereocenters. The van der Waals surface area contributed by atoms with E-state index >= 15 is 0 Å². The number of benzene rings is 3. The summed E-state index contributed by atoms with van der Waals surface area (Å²) in [4.78, 5) is 12.1. The Hall–Kier alpha value is -1.92. The van der Waals surface area contributed by atoms with Crippen molar-refractivity contribution in [2.24, 2.45) is 0 Å². The van der Waals surface area contributed by atoms with E-state index in [0.717, 1.165) is 21.3 Å². The van der Waals surface area contributed by atoms with Crippen LogP contribution < -0.4 is 15.4 Å². The van der Waals surface area contributed by atoms with Crippen LogP contribution in [0.5, 0.6) is 5.75 Å². The summed E-state index contributed by atoms with van der Waals surface area (Å²) in [5.41, 5.74) is 3.41. The first kappa shape index (κ1) is 22.8. The van der Waals surface area contributed by atoms with E-state index in [1.807, 2.05) is 37.3 Å². The van der Waals surface area contributed by atoms with Crippen molar-refractivity contribution in [1.29, 1.82) is 0 Å². The zero-order valence-electron chi connectivity index (χ0n) is 15.9. The minimum Gasteiger partial charge on any atom is -0.482 e. The van der Waals surface area contributed by atoms with E-state index in [9.17, 15) is 4.79 Å². The summed E-state index contributed by atoms with van der Waals surface area (Å²) in [6, 6.07) is 16.4. The van der Waals surface area contributed by atoms with Crippen molar-refractivity contribution in [2.75, 3.05) is 17.2 Å². The number of carbonyl (C=O) groups excluding carboxylic acids is 1. The minimum atomic E-state index is -0.302. The second kappa shape index (κ2) is 10.4. The van der Waals surface area contributed by atoms with Crippen LogP contribution >= 0.6 is 50.7 Å². The van der Waals surface area contributed by atoms with Crippen molar-refractivity contribution < 1.29 is 9.53 Å². The predicted molar refractivity (Wildman–Crippen MR) is 128 cm³/mol. The van der Waals surface area contributed by atoms with Gasteiger partial charge >= 0.3 is 0 Å². The van der Waals surface area contributed by atoms with Crippen molar-refractivity contribution >= 4 is 68.0 Å². The first-order valence-electron chi connectivity index (χ1n) is 8.98. The maximum Gasteiger partial charge on any atom is 0.262 e. The summed E-state index contributed by atoms with van der Waals surface area (Å²) < 4.78 is 6.39. The van der Waals surface area contributed by atoms with E-state index in [-0.39, 0.29) is 12.5 Å². The van der Waals surface area contributed by atoms with Crippen LogP contribution in [-0.2, 0) is 11.3 Å². The number of anilines is 2. The molecule has 8 heteroatoms. The molecule has 0 fully saturated rings. The highest BCUT2D eigenvalue weighted by atomic mass is 79.9. The summed E-state index contributed by atoms with van der Waals surface area (Å²) in [5, 5.41) is 7.67. The van der Waals surface area contributed by atoms with E-state index in [1.54, 1.807) is 24.3 Å². The lowest BCUT2D eigenvalue weighted by Crippen LogP contribution is -2.20. The molecule has 0 aliphatic heterocycles. The van der Waals surface area contributed by atoms with Crippen LogP contribution in [0.3, 0.4) is 0 Å². The Balaban J connectivity index is 1.53. The molecule has 1 amide bonds. The van der Waals surface area contributed by atoms with Gasteiger partial charge in [-0.2, -0.15) is 0 Å². The molecule has 0 aliphatic carbocycles. The van der Waals surface area contributed by atoms with Crippen molar-refractivity contribution in [1.82, 2.24) is 0 Å². The molecular formula is C22H18BrCl3N2O2. The monoisotopic (exact) mass is 526 g/mol. The van der Waals surface area contributed by atoms with Gasteiger partial charge in [-0.1, -0.05) is 46.9 Å². The van der Waals surface area contributed by atoms with Gasteiger partial charge in [-0.25, -0.2) is 0 Å². The molecule has 0 saturated heterocycles. The number of carbonyl (C=O) groups is 1. The summed E-state index contributed by atoms with van der Waals surface area (Å²) in [7, 11) is 0. The Kier molecular flexibility index (Phi) is 7.89. The molecule has 0 heterocycles. The second-order valence-corrected chi connectivity index (χ2v) is 8.62. The molecule has 3 aromatic rings. The zero-order chi connectivity index (χ0) is 21.7. The number of hydrogen-bond donors (Lipinski definition) is 2. The van der Waals surface area contributed by atoms with Crippen LogP contribution in [0.2, 0.25) is 15.1 Å². The van der Waals surface area contributed by atoms with E-state index in [2.05, 4.69) is 26.6 Å². The lowest BCUT2D eigenvalue weighted by molar-refractivity contribution is -0.118. The third-order valence-corrected chi connectivity index (χ3v) is 6.16. The second-order valence-electron chi connectivity index (χ2n) is 6.55. The van der Waals surface area contributed by atoms with E-state index in [0.29, 0.717) is 33.0 Å². The minimum absolute atomic E-state index is 0.166. The van der Waals surface area contributed by atoms with Crippen LogP contribution in [0, 0.1) is 6.92 Å². The average Bonchev–Trinajstić information content (AvgIpc) is 2.71. The van der Waals surface area contributed by atoms with Crippen molar-refractivity contribution in [3.63, 3.8) is 0 Å². The highest BCUT2D eigenvalue weighted by molar-refractivity contribution is 9.10. The van der Waals surface area contributed by atoms with Crippen LogP contribution in [0.4, 0.5) is 11.4 Å². The molecule has 2 N–H and O–H groups in total. The van der Waals surface area contributed by atoms with Gasteiger partial charge < -0.3 is 15.4 Å². The Bertz CT molecular complexity index is 1080. The molecule has 3 rings (SSSR count). The molecule has 3 aromatic carbocycles. The summed E-state index contributed by atoms with van der Waals surface area (Å²) in [6.07, 6.45) is 0. The maximum absolute atomic E-state index is 12.1. The predicted octanol–water partition coefficient (Wildman–Crippen LogP) is 7.35. The molecule has 0 saturated carbocycles. The van der Waals surface area contributed by atoms with Crippen LogP contribution in [0.1, 0.15) is 11.1 Å². The number of rotatable bonds is 7. The van der Waals surface area contributed by atoms with Crippen molar-refractivity contribution in [3.8, 4) is 5.75 Å². The number of nitrogens with one attached hydrogen (secondary N) is 2. The normalized spacial score (nSPS) is 10.6. The quantitative estimate of drug-likeness (QED) is 0.337. The lowest BCUT2D eigenvalue weighted by Gasteiger charge is -2.12. The van der Waals surface area contributed by atoms with Gasteiger partial charge in [-0.05, 0) is 76.4 Å². The lowest BCUT2D eigenvalue weighted by atomic mass is 10.2. The number of hydrogen-bond acceptors (Lipinski definition) is 3. The van der Waals surface area contributed by atoms with E-state index < -0.39 is 0 Å². The molecule has 156 valence electrons. The Labute approximate surface area is 198 Å². The van der Waals surface area contributed by atoms with E-state index in [1.165, 1.54) is 0 Å². The molecule has 0 aliphatic rings. The smallest absolute Gasteiger partial charge is 0.262 e. The SMILES string of the molecule is Cc1ccc(NC(=O)COc2ccc(CNc3ccc(Br)c(Cl)c3)cc2Cl)cc1Cl. The zero-order valence-corrected chi connectivity index (χ0v) is 19.8. The summed E-state index contributed by atoms with van der Waals surface area (Å²) in [5.74, 6) is 0.132. The maximum atomic E-state index is 12.1. The van der Waals surface area contributed by atoms with Crippen LogP contribution in [-0.4, -0.2) is 12.5 Å². The van der Waals surface area contributed by atoms with Gasteiger partial charge in [0.05, 0.1) is 10.0 Å². The highest BCUT2D eigenvalue weighted by Gasteiger charge is 2.09. The molecule has 0 atom stereocenters. The Morgan fingerprint density at radius 3 is 2.37 bits per heavy atom. The third kappa shape index (κ3) is 6.29. The summed E-state index contributed by atoms with van der Waals surface area (Å²) >= 11 is 21.9. The van der Waals surface area contributed by atoms with Gasteiger partial charge in [-0.15, -0.1) is 0 Å². The molecule has 30 heavy (non-hydrogen) atoms. The molecule has 0 spiro atoms. The van der Waals surface area contributed by atoms with Gasteiger partial charge in [0.2, 0.25) is 0 Å². The van der Waals surface area contributed by atoms with Gasteiger partial charge in [0, 0.05) is 27.4 Å². The standard InChI is InChI=1S/C22H18BrCl3N2O2/c1-13-2-4-16(10-18(13)24)28-22(29)12-30-21-7-3-14(8-20(21)26)11-27-15-5-6-17(23)19(25)9-15/h2-10,27H,11-12H2,1H3,(H,28,29). The first-order valence-corrected chi connectivity index (χ1v) is 10.9. The van der Waals surface area contributed by atoms with Gasteiger partial charge in [-0.3, -0.25) is 4.79 Å². The first-order chi connectivity index (χ1) is 14.3. The fraction of sp³-hybridized carbons (Fsp3) is 0.136. The largest absolute Gasteiger partial charge is 0.482 e. The Morgan fingerprint density at radius 2 is 1.67 bits per heavy atom. The average molecular weight is 529 g/mol. The van der Waals surface area contributed by atoms with Gasteiger partial charge in [0.1, 0.15) is 5.75 Å². The number of aryl methyl sites for hydroxylation is 1. The Morgan fingerprint density at radius 1 is 0.933 bits per heavy atom. The van der Waals surface area contributed by atoms with Crippen molar-refractivity contribution in [2.45, 2.75) is 13.5 Å². The van der Waals surface area contributed by atoms with Gasteiger partial charge in [0.25, 0.3) is 5.91 Å². The number of halogens is 4. The molecule has 0 bridgehead atoms. The highest BCUT2D eigenvalue weighted by Crippen LogP contribution is 2.28. The third-order valence-electron chi connectivity index (χ3n) is 4.23. The van der Waals surface area contributed by atoms with Crippen LogP contribution in [0.25, 0.3) is 0 Å². The van der Waals surface area contributed by atoms with E-state index in [4.69, 9.17) is 39.5 Å². The molecule has 0 aromatic heterocycles. The molecule has 4 nitrogen and oxygen atoms in total. The van der Waals surface area contributed by atoms with Crippen molar-refractivity contribution in [3.05, 3.63) is 85.3 Å². The fourth-order valence-electron chi connectivity index (χ4n) is 2.59. The fourth-order valence-corrected chi connectivity index (χ4v) is 3.46. The molecular weight excluding hydrogens is 511 g/mol. The summed E-state index contributed by atoms with van der Waals surface area (Å²) in [6.45, 7) is 2.29.